The molecule has 1 aromatic heterocycles. The third kappa shape index (κ3) is 3.79. The Morgan fingerprint density at radius 1 is 0.957 bits per heavy atom. The average molecular weight is 311 g/mol. The van der Waals surface area contributed by atoms with E-state index in [1.807, 2.05) is 36.4 Å². The minimum atomic E-state index is -0.251. The summed E-state index contributed by atoms with van der Waals surface area (Å²) >= 11 is 0. The van der Waals surface area contributed by atoms with Crippen LogP contribution in [0.5, 0.6) is 5.75 Å². The van der Waals surface area contributed by atoms with Crippen molar-refractivity contribution in [3.63, 3.8) is 0 Å². The third-order valence-corrected chi connectivity index (χ3v) is 3.60. The summed E-state index contributed by atoms with van der Waals surface area (Å²) < 4.78 is 24.1. The van der Waals surface area contributed by atoms with Gasteiger partial charge in [0.15, 0.2) is 0 Å². The zero-order chi connectivity index (χ0) is 16.1. The molecule has 0 aliphatic heterocycles. The summed E-state index contributed by atoms with van der Waals surface area (Å²) in [5.41, 5.74) is 1.96. The van der Waals surface area contributed by atoms with Crippen molar-refractivity contribution < 1.29 is 13.5 Å². The van der Waals surface area contributed by atoms with Crippen molar-refractivity contribution in [2.45, 2.75) is 13.1 Å². The van der Waals surface area contributed by atoms with Gasteiger partial charge in [-0.2, -0.15) is 0 Å². The molecule has 118 valence electrons. The number of hydrogen-bond donors (Lipinski definition) is 1. The van der Waals surface area contributed by atoms with Gasteiger partial charge in [-0.3, -0.25) is 0 Å². The number of ether oxygens (including phenoxy) is 1. The fourth-order valence-electron chi connectivity index (χ4n) is 2.41. The van der Waals surface area contributed by atoms with Gasteiger partial charge in [-0.1, -0.05) is 18.2 Å². The maximum atomic E-state index is 12.9. The summed E-state index contributed by atoms with van der Waals surface area (Å²) in [6.07, 6.45) is 0. The largest absolute Gasteiger partial charge is 0.496 e. The van der Waals surface area contributed by atoms with Gasteiger partial charge >= 0.3 is 0 Å². The predicted octanol–water partition coefficient (Wildman–Crippen LogP) is 4.38. The van der Waals surface area contributed by atoms with E-state index in [4.69, 9.17) is 9.15 Å². The summed E-state index contributed by atoms with van der Waals surface area (Å²) in [5.74, 6) is 2.18. The Kier molecular flexibility index (Phi) is 4.74. The van der Waals surface area contributed by atoms with E-state index in [0.717, 1.165) is 28.4 Å². The zero-order valence-electron chi connectivity index (χ0n) is 12.9. The molecule has 3 aromatic rings. The molecule has 0 atom stereocenters. The zero-order valence-corrected chi connectivity index (χ0v) is 12.9. The van der Waals surface area contributed by atoms with E-state index in [1.54, 1.807) is 19.2 Å². The van der Waals surface area contributed by atoms with E-state index in [2.05, 4.69) is 5.32 Å². The Balaban J connectivity index is 1.60. The van der Waals surface area contributed by atoms with E-state index in [-0.39, 0.29) is 5.82 Å². The lowest BCUT2D eigenvalue weighted by Crippen LogP contribution is -2.12. The summed E-state index contributed by atoms with van der Waals surface area (Å²) in [5, 5.41) is 3.33. The summed E-state index contributed by atoms with van der Waals surface area (Å²) in [6, 6.07) is 18.0. The number of nitrogens with one attached hydrogen (secondary N) is 1. The highest BCUT2D eigenvalue weighted by Gasteiger charge is 2.06. The first-order chi connectivity index (χ1) is 11.3. The first kappa shape index (κ1) is 15.3. The van der Waals surface area contributed by atoms with Gasteiger partial charge in [0.1, 0.15) is 23.1 Å². The molecule has 0 spiro atoms. The minimum Gasteiger partial charge on any atom is -0.496 e. The second-order valence-electron chi connectivity index (χ2n) is 5.19. The topological polar surface area (TPSA) is 34.4 Å². The van der Waals surface area contributed by atoms with Gasteiger partial charge in [0.25, 0.3) is 0 Å². The van der Waals surface area contributed by atoms with Crippen LogP contribution < -0.4 is 10.1 Å². The molecular weight excluding hydrogens is 293 g/mol. The predicted molar refractivity (Wildman–Crippen MR) is 87.6 cm³/mol. The van der Waals surface area contributed by atoms with Gasteiger partial charge in [-0.05, 0) is 42.5 Å². The molecule has 0 unspecified atom stereocenters. The Morgan fingerprint density at radius 2 is 1.74 bits per heavy atom. The van der Waals surface area contributed by atoms with Crippen LogP contribution in [0.25, 0.3) is 11.3 Å². The lowest BCUT2D eigenvalue weighted by Gasteiger charge is -2.08. The molecule has 1 heterocycles. The molecule has 3 nitrogen and oxygen atoms in total. The number of para-hydroxylation sites is 1. The smallest absolute Gasteiger partial charge is 0.134 e. The lowest BCUT2D eigenvalue weighted by atomic mass is 10.2. The fourth-order valence-corrected chi connectivity index (χ4v) is 2.41. The maximum absolute atomic E-state index is 12.9. The SMILES string of the molecule is COc1ccccc1CNCc1ccc(-c2ccc(F)cc2)o1. The molecule has 0 bridgehead atoms. The second kappa shape index (κ2) is 7.11. The number of furan rings is 1. The number of halogens is 1. The molecule has 0 saturated carbocycles. The van der Waals surface area contributed by atoms with E-state index >= 15 is 0 Å². The summed E-state index contributed by atoms with van der Waals surface area (Å²) in [7, 11) is 1.67. The number of rotatable bonds is 6. The quantitative estimate of drug-likeness (QED) is 0.733. The highest BCUT2D eigenvalue weighted by Crippen LogP contribution is 2.22. The van der Waals surface area contributed by atoms with Crippen LogP contribution in [-0.4, -0.2) is 7.11 Å². The highest BCUT2D eigenvalue weighted by molar-refractivity contribution is 5.57. The summed E-state index contributed by atoms with van der Waals surface area (Å²) in [6.45, 7) is 1.30. The van der Waals surface area contributed by atoms with Crippen LogP contribution in [0.1, 0.15) is 11.3 Å². The van der Waals surface area contributed by atoms with Crippen LogP contribution in [0.4, 0.5) is 4.39 Å². The van der Waals surface area contributed by atoms with E-state index < -0.39 is 0 Å². The van der Waals surface area contributed by atoms with Crippen molar-refractivity contribution in [1.82, 2.24) is 5.32 Å². The summed E-state index contributed by atoms with van der Waals surface area (Å²) in [4.78, 5) is 0. The van der Waals surface area contributed by atoms with Gasteiger partial charge in [0.2, 0.25) is 0 Å². The normalized spacial score (nSPS) is 10.7. The van der Waals surface area contributed by atoms with Crippen LogP contribution in [0.15, 0.2) is 65.1 Å². The molecule has 1 N–H and O–H groups in total. The second-order valence-corrected chi connectivity index (χ2v) is 5.19. The van der Waals surface area contributed by atoms with E-state index in [0.29, 0.717) is 13.1 Å². The molecule has 23 heavy (non-hydrogen) atoms. The third-order valence-electron chi connectivity index (χ3n) is 3.60. The van der Waals surface area contributed by atoms with Crippen molar-refractivity contribution >= 4 is 0 Å². The van der Waals surface area contributed by atoms with Crippen molar-refractivity contribution in [2.75, 3.05) is 7.11 Å². The van der Waals surface area contributed by atoms with Crippen LogP contribution in [0.3, 0.4) is 0 Å². The van der Waals surface area contributed by atoms with Gasteiger partial charge in [0.05, 0.1) is 13.7 Å². The first-order valence-electron chi connectivity index (χ1n) is 7.43. The minimum absolute atomic E-state index is 0.251. The lowest BCUT2D eigenvalue weighted by molar-refractivity contribution is 0.406. The molecule has 4 heteroatoms. The Hall–Kier alpha value is -2.59. The van der Waals surface area contributed by atoms with E-state index in [1.165, 1.54) is 12.1 Å². The van der Waals surface area contributed by atoms with Crippen molar-refractivity contribution in [2.24, 2.45) is 0 Å². The molecule has 0 saturated heterocycles. The molecule has 3 rings (SSSR count). The highest BCUT2D eigenvalue weighted by atomic mass is 19.1. The number of hydrogen-bond acceptors (Lipinski definition) is 3. The van der Waals surface area contributed by atoms with Crippen LogP contribution in [0, 0.1) is 5.82 Å². The molecule has 0 fully saturated rings. The van der Waals surface area contributed by atoms with Crippen molar-refractivity contribution in [3.8, 4) is 17.1 Å². The van der Waals surface area contributed by atoms with Gasteiger partial charge in [0, 0.05) is 17.7 Å². The standard InChI is InChI=1S/C19H18FNO2/c1-22-18-5-3-2-4-15(18)12-21-13-17-10-11-19(23-17)14-6-8-16(20)9-7-14/h2-11,21H,12-13H2,1H3. The van der Waals surface area contributed by atoms with Crippen molar-refractivity contribution in [1.29, 1.82) is 0 Å². The number of methoxy groups -OCH3 is 1. The first-order valence-corrected chi connectivity index (χ1v) is 7.43. The Bertz CT molecular complexity index is 765. The average Bonchev–Trinajstić information content (AvgIpc) is 3.05. The maximum Gasteiger partial charge on any atom is 0.134 e. The van der Waals surface area contributed by atoms with Gasteiger partial charge < -0.3 is 14.5 Å². The Morgan fingerprint density at radius 3 is 2.52 bits per heavy atom. The van der Waals surface area contributed by atoms with Crippen molar-refractivity contribution in [3.05, 3.63) is 77.8 Å². The van der Waals surface area contributed by atoms with Gasteiger partial charge in [-0.25, -0.2) is 4.39 Å². The van der Waals surface area contributed by atoms with Crippen LogP contribution in [-0.2, 0) is 13.1 Å². The number of benzene rings is 2. The van der Waals surface area contributed by atoms with Crippen LogP contribution in [0.2, 0.25) is 0 Å². The van der Waals surface area contributed by atoms with E-state index in [9.17, 15) is 4.39 Å². The molecule has 0 aliphatic carbocycles. The molecule has 0 radical (unpaired) electrons. The molecule has 2 aromatic carbocycles. The molecular formula is C19H18FNO2. The molecule has 0 aliphatic rings. The fraction of sp³-hybridized carbons (Fsp3) is 0.158. The molecule has 0 amide bonds. The monoisotopic (exact) mass is 311 g/mol. The van der Waals surface area contributed by atoms with Gasteiger partial charge in [-0.15, -0.1) is 0 Å². The Labute approximate surface area is 134 Å². The van der Waals surface area contributed by atoms with Crippen LogP contribution >= 0.6 is 0 Å².